The molecule has 2 heteroatoms. The minimum absolute atomic E-state index is 0.550. The average molecular weight is 185 g/mol. The minimum atomic E-state index is 0.550. The molecular weight excluding hydrogens is 162 g/mol. The van der Waals surface area contributed by atoms with E-state index in [9.17, 15) is 0 Å². The number of rotatable bonds is 7. The van der Waals surface area contributed by atoms with Gasteiger partial charge in [-0.3, -0.25) is 0 Å². The van der Waals surface area contributed by atoms with Crippen LogP contribution < -0.4 is 5.32 Å². The lowest BCUT2D eigenvalue weighted by atomic mass is 9.89. The lowest BCUT2D eigenvalue weighted by Gasteiger charge is -2.35. The van der Waals surface area contributed by atoms with Gasteiger partial charge in [-0.05, 0) is 32.7 Å². The molecule has 13 heavy (non-hydrogen) atoms. The third-order valence-electron chi connectivity index (χ3n) is 2.71. The van der Waals surface area contributed by atoms with Crippen LogP contribution in [-0.4, -0.2) is 25.3 Å². The summed E-state index contributed by atoms with van der Waals surface area (Å²) in [5, 5.41) is 3.56. The fourth-order valence-corrected chi connectivity index (χ4v) is 1.79. The summed E-state index contributed by atoms with van der Waals surface area (Å²) in [4.78, 5) is 0. The molecule has 78 valence electrons. The van der Waals surface area contributed by atoms with Crippen LogP contribution in [0.25, 0.3) is 0 Å². The SMILES string of the molecule is CCCCCNC1CC(OCC)C1. The zero-order valence-corrected chi connectivity index (χ0v) is 9.01. The molecule has 0 saturated heterocycles. The molecule has 0 radical (unpaired) electrons. The average Bonchev–Trinajstić information content (AvgIpc) is 2.07. The minimum Gasteiger partial charge on any atom is -0.378 e. The first-order chi connectivity index (χ1) is 6.36. The van der Waals surface area contributed by atoms with E-state index in [2.05, 4.69) is 19.2 Å². The van der Waals surface area contributed by atoms with Gasteiger partial charge in [0.1, 0.15) is 0 Å². The number of unbranched alkanes of at least 4 members (excludes halogenated alkanes) is 2. The van der Waals surface area contributed by atoms with Crippen LogP contribution in [0.1, 0.15) is 46.0 Å². The van der Waals surface area contributed by atoms with Crippen LogP contribution in [0, 0.1) is 0 Å². The summed E-state index contributed by atoms with van der Waals surface area (Å²) in [6.07, 6.45) is 6.99. The third-order valence-corrected chi connectivity index (χ3v) is 2.71. The zero-order chi connectivity index (χ0) is 9.52. The van der Waals surface area contributed by atoms with Crippen molar-refractivity contribution in [3.8, 4) is 0 Å². The Morgan fingerprint density at radius 1 is 1.23 bits per heavy atom. The summed E-state index contributed by atoms with van der Waals surface area (Å²) < 4.78 is 5.50. The van der Waals surface area contributed by atoms with E-state index in [1.54, 1.807) is 0 Å². The molecule has 0 aromatic carbocycles. The molecule has 1 N–H and O–H groups in total. The van der Waals surface area contributed by atoms with E-state index < -0.39 is 0 Å². The van der Waals surface area contributed by atoms with E-state index in [1.165, 1.54) is 38.6 Å². The molecule has 1 aliphatic rings. The van der Waals surface area contributed by atoms with Crippen LogP contribution in [0.15, 0.2) is 0 Å². The van der Waals surface area contributed by atoms with Crippen LogP contribution >= 0.6 is 0 Å². The summed E-state index contributed by atoms with van der Waals surface area (Å²) in [7, 11) is 0. The van der Waals surface area contributed by atoms with Gasteiger partial charge in [-0.1, -0.05) is 19.8 Å². The molecule has 0 aromatic rings. The molecule has 2 nitrogen and oxygen atoms in total. The Balaban J connectivity index is 1.84. The molecule has 1 aliphatic carbocycles. The molecule has 0 aromatic heterocycles. The van der Waals surface area contributed by atoms with Gasteiger partial charge in [0.15, 0.2) is 0 Å². The predicted octanol–water partition coefficient (Wildman–Crippen LogP) is 2.33. The first-order valence-electron chi connectivity index (χ1n) is 5.71. The fourth-order valence-electron chi connectivity index (χ4n) is 1.79. The molecule has 0 unspecified atom stereocenters. The first kappa shape index (κ1) is 11.0. The Labute approximate surface area is 82.0 Å². The Morgan fingerprint density at radius 2 is 2.00 bits per heavy atom. The van der Waals surface area contributed by atoms with Crippen LogP contribution in [0.4, 0.5) is 0 Å². The normalized spacial score (nSPS) is 27.2. The Kier molecular flexibility index (Phi) is 5.40. The van der Waals surface area contributed by atoms with Crippen LogP contribution in [0.3, 0.4) is 0 Å². The van der Waals surface area contributed by atoms with Gasteiger partial charge in [0.25, 0.3) is 0 Å². The Hall–Kier alpha value is -0.0800. The van der Waals surface area contributed by atoms with Crippen LogP contribution in [0.2, 0.25) is 0 Å². The highest BCUT2D eigenvalue weighted by Crippen LogP contribution is 2.22. The summed E-state index contributed by atoms with van der Waals surface area (Å²) in [5.74, 6) is 0. The Bertz CT molecular complexity index is 121. The molecule has 0 atom stereocenters. The van der Waals surface area contributed by atoms with Gasteiger partial charge in [0, 0.05) is 12.6 Å². The summed E-state index contributed by atoms with van der Waals surface area (Å²) in [6, 6.07) is 0.744. The van der Waals surface area contributed by atoms with E-state index in [0.717, 1.165) is 12.6 Å². The summed E-state index contributed by atoms with van der Waals surface area (Å²) >= 11 is 0. The number of hydrogen-bond donors (Lipinski definition) is 1. The quantitative estimate of drug-likeness (QED) is 0.615. The van der Waals surface area contributed by atoms with Gasteiger partial charge >= 0.3 is 0 Å². The summed E-state index contributed by atoms with van der Waals surface area (Å²) in [5.41, 5.74) is 0. The van der Waals surface area contributed by atoms with Crippen molar-refractivity contribution >= 4 is 0 Å². The lowest BCUT2D eigenvalue weighted by Crippen LogP contribution is -2.45. The van der Waals surface area contributed by atoms with Crippen LogP contribution in [-0.2, 0) is 4.74 Å². The molecule has 0 heterocycles. The second-order valence-electron chi connectivity index (χ2n) is 3.91. The maximum atomic E-state index is 5.50. The number of ether oxygens (including phenoxy) is 1. The van der Waals surface area contributed by atoms with Crippen molar-refractivity contribution in [3.63, 3.8) is 0 Å². The van der Waals surface area contributed by atoms with E-state index in [4.69, 9.17) is 4.74 Å². The molecule has 1 saturated carbocycles. The molecular formula is C11H23NO. The van der Waals surface area contributed by atoms with E-state index in [-0.39, 0.29) is 0 Å². The fraction of sp³-hybridized carbons (Fsp3) is 1.00. The van der Waals surface area contributed by atoms with Crippen LogP contribution in [0.5, 0.6) is 0 Å². The van der Waals surface area contributed by atoms with E-state index >= 15 is 0 Å². The van der Waals surface area contributed by atoms with Gasteiger partial charge < -0.3 is 10.1 Å². The molecule has 0 aliphatic heterocycles. The molecule has 0 bridgehead atoms. The summed E-state index contributed by atoms with van der Waals surface area (Å²) in [6.45, 7) is 6.38. The monoisotopic (exact) mass is 185 g/mol. The van der Waals surface area contributed by atoms with Gasteiger partial charge in [-0.25, -0.2) is 0 Å². The highest BCUT2D eigenvalue weighted by Gasteiger charge is 2.28. The van der Waals surface area contributed by atoms with Gasteiger partial charge in [0.05, 0.1) is 6.10 Å². The van der Waals surface area contributed by atoms with Crippen molar-refractivity contribution in [1.82, 2.24) is 5.32 Å². The predicted molar refractivity (Wildman–Crippen MR) is 56.0 cm³/mol. The maximum Gasteiger partial charge on any atom is 0.0604 e. The highest BCUT2D eigenvalue weighted by molar-refractivity contribution is 4.85. The van der Waals surface area contributed by atoms with Crippen molar-refractivity contribution in [2.45, 2.75) is 58.1 Å². The third kappa shape index (κ3) is 4.10. The first-order valence-corrected chi connectivity index (χ1v) is 5.71. The van der Waals surface area contributed by atoms with Crippen molar-refractivity contribution in [2.75, 3.05) is 13.2 Å². The van der Waals surface area contributed by atoms with Gasteiger partial charge in [-0.15, -0.1) is 0 Å². The van der Waals surface area contributed by atoms with Crippen molar-refractivity contribution in [3.05, 3.63) is 0 Å². The second-order valence-corrected chi connectivity index (χ2v) is 3.91. The van der Waals surface area contributed by atoms with Crippen molar-refractivity contribution < 1.29 is 4.74 Å². The van der Waals surface area contributed by atoms with Gasteiger partial charge in [0.2, 0.25) is 0 Å². The smallest absolute Gasteiger partial charge is 0.0604 e. The lowest BCUT2D eigenvalue weighted by molar-refractivity contribution is -0.00975. The molecule has 0 amide bonds. The number of nitrogens with one attached hydrogen (secondary N) is 1. The van der Waals surface area contributed by atoms with E-state index in [0.29, 0.717) is 6.10 Å². The largest absolute Gasteiger partial charge is 0.378 e. The molecule has 1 rings (SSSR count). The molecule has 1 fully saturated rings. The second kappa shape index (κ2) is 6.39. The van der Waals surface area contributed by atoms with Gasteiger partial charge in [-0.2, -0.15) is 0 Å². The Morgan fingerprint density at radius 3 is 2.62 bits per heavy atom. The molecule has 0 spiro atoms. The number of hydrogen-bond acceptors (Lipinski definition) is 2. The maximum absolute atomic E-state index is 5.50. The zero-order valence-electron chi connectivity index (χ0n) is 9.01. The van der Waals surface area contributed by atoms with Crippen molar-refractivity contribution in [1.29, 1.82) is 0 Å². The van der Waals surface area contributed by atoms with Crippen molar-refractivity contribution in [2.24, 2.45) is 0 Å². The standard InChI is InChI=1S/C11H23NO/c1-3-5-6-7-12-10-8-11(9-10)13-4-2/h10-12H,3-9H2,1-2H3. The topological polar surface area (TPSA) is 21.3 Å². The van der Waals surface area contributed by atoms with E-state index in [1.807, 2.05) is 0 Å². The highest BCUT2D eigenvalue weighted by atomic mass is 16.5.